The Labute approximate surface area is 62.8 Å². The van der Waals surface area contributed by atoms with Crippen LogP contribution in [0, 0.1) is 11.3 Å². The number of carbonyl (C=O) groups excluding carboxylic acids is 1. The second kappa shape index (κ2) is 2.84. The molecule has 0 aromatic carbocycles. The molecule has 0 aliphatic carbocycles. The van der Waals surface area contributed by atoms with E-state index >= 15 is 0 Å². The summed E-state index contributed by atoms with van der Waals surface area (Å²) in [6, 6.07) is 1.90. The molecule has 0 atom stereocenters. The average molecular weight is 150 g/mol. The van der Waals surface area contributed by atoms with Gasteiger partial charge in [0.25, 0.3) is 5.91 Å². The van der Waals surface area contributed by atoms with E-state index in [0.29, 0.717) is 5.56 Å². The van der Waals surface area contributed by atoms with Gasteiger partial charge in [0.15, 0.2) is 0 Å². The van der Waals surface area contributed by atoms with Crippen LogP contribution in [0.3, 0.4) is 0 Å². The minimum atomic E-state index is -0.590. The van der Waals surface area contributed by atoms with Crippen molar-refractivity contribution in [3.05, 3.63) is 17.5 Å². The summed E-state index contributed by atoms with van der Waals surface area (Å²) < 4.78 is 0. The van der Waals surface area contributed by atoms with Crippen molar-refractivity contribution in [2.24, 2.45) is 5.73 Å². The number of amides is 1. The number of H-pyrrole nitrogens is 1. The summed E-state index contributed by atoms with van der Waals surface area (Å²) in [7, 11) is 0. The second-order valence-corrected chi connectivity index (χ2v) is 1.97. The first kappa shape index (κ1) is 7.28. The number of carbonyl (C=O) groups is 1. The van der Waals surface area contributed by atoms with Crippen LogP contribution in [-0.4, -0.2) is 16.1 Å². The zero-order valence-electron chi connectivity index (χ0n) is 5.66. The number of nitrogens with zero attached hydrogens (tertiary/aromatic N) is 2. The summed E-state index contributed by atoms with van der Waals surface area (Å²) >= 11 is 0. The van der Waals surface area contributed by atoms with Gasteiger partial charge in [0.1, 0.15) is 5.69 Å². The van der Waals surface area contributed by atoms with E-state index in [-0.39, 0.29) is 12.1 Å². The lowest BCUT2D eigenvalue weighted by molar-refractivity contribution is 0.0995. The number of hydrogen-bond acceptors (Lipinski definition) is 3. The highest BCUT2D eigenvalue weighted by Crippen LogP contribution is 2.02. The highest BCUT2D eigenvalue weighted by atomic mass is 16.1. The molecule has 0 aliphatic rings. The molecule has 1 aromatic heterocycles. The summed E-state index contributed by atoms with van der Waals surface area (Å²) in [5, 5.41) is 14.3. The topological polar surface area (TPSA) is 95.6 Å². The largest absolute Gasteiger partial charge is 0.364 e. The Morgan fingerprint density at radius 1 is 1.91 bits per heavy atom. The minimum Gasteiger partial charge on any atom is -0.364 e. The molecule has 5 nitrogen and oxygen atoms in total. The fourth-order valence-corrected chi connectivity index (χ4v) is 0.744. The molecular weight excluding hydrogens is 144 g/mol. The number of aromatic nitrogens is 2. The van der Waals surface area contributed by atoms with E-state index in [0.717, 1.165) is 0 Å². The molecule has 0 saturated heterocycles. The van der Waals surface area contributed by atoms with Crippen molar-refractivity contribution in [3.63, 3.8) is 0 Å². The quantitative estimate of drug-likeness (QED) is 0.599. The first-order chi connectivity index (χ1) is 5.25. The molecule has 0 aliphatic heterocycles. The Morgan fingerprint density at radius 2 is 2.64 bits per heavy atom. The second-order valence-electron chi connectivity index (χ2n) is 1.97. The van der Waals surface area contributed by atoms with Crippen LogP contribution in [0.2, 0.25) is 0 Å². The molecule has 0 radical (unpaired) electrons. The number of rotatable bonds is 2. The van der Waals surface area contributed by atoms with Gasteiger partial charge >= 0.3 is 0 Å². The number of nitrogens with one attached hydrogen (secondary N) is 1. The fourth-order valence-electron chi connectivity index (χ4n) is 0.744. The summed E-state index contributed by atoms with van der Waals surface area (Å²) in [6.07, 6.45) is 1.57. The number of primary amides is 1. The van der Waals surface area contributed by atoms with Crippen LogP contribution in [0.4, 0.5) is 0 Å². The third-order valence-electron chi connectivity index (χ3n) is 1.23. The molecule has 56 valence electrons. The fraction of sp³-hybridized carbons (Fsp3) is 0.167. The van der Waals surface area contributed by atoms with Gasteiger partial charge in [0.05, 0.1) is 18.7 Å². The van der Waals surface area contributed by atoms with Crippen LogP contribution in [0.15, 0.2) is 6.20 Å². The van der Waals surface area contributed by atoms with Crippen molar-refractivity contribution in [2.45, 2.75) is 6.42 Å². The average Bonchev–Trinajstić information content (AvgIpc) is 2.36. The van der Waals surface area contributed by atoms with E-state index in [1.807, 2.05) is 6.07 Å². The zero-order valence-corrected chi connectivity index (χ0v) is 5.66. The molecule has 1 rings (SSSR count). The molecule has 0 saturated carbocycles. The van der Waals surface area contributed by atoms with Crippen LogP contribution in [0.1, 0.15) is 16.1 Å². The maximum atomic E-state index is 10.6. The number of aromatic amines is 1. The predicted octanol–water partition coefficient (Wildman–Crippen LogP) is -0.425. The number of nitriles is 1. The van der Waals surface area contributed by atoms with Gasteiger partial charge in [-0.15, -0.1) is 0 Å². The van der Waals surface area contributed by atoms with E-state index in [2.05, 4.69) is 10.2 Å². The van der Waals surface area contributed by atoms with Crippen LogP contribution in [0.5, 0.6) is 0 Å². The van der Waals surface area contributed by atoms with E-state index in [1.165, 1.54) is 6.20 Å². The lowest BCUT2D eigenvalue weighted by Gasteiger charge is -1.90. The van der Waals surface area contributed by atoms with Crippen LogP contribution in [-0.2, 0) is 6.42 Å². The van der Waals surface area contributed by atoms with E-state index < -0.39 is 5.91 Å². The molecule has 1 amide bonds. The third-order valence-corrected chi connectivity index (χ3v) is 1.23. The summed E-state index contributed by atoms with van der Waals surface area (Å²) in [5.74, 6) is -0.590. The Morgan fingerprint density at radius 3 is 3.18 bits per heavy atom. The normalized spacial score (nSPS) is 9.00. The Kier molecular flexibility index (Phi) is 1.88. The lowest BCUT2D eigenvalue weighted by Crippen LogP contribution is -2.13. The highest BCUT2D eigenvalue weighted by molar-refractivity contribution is 5.92. The van der Waals surface area contributed by atoms with Gasteiger partial charge in [0.2, 0.25) is 0 Å². The molecular formula is C6H6N4O. The molecule has 5 heteroatoms. The molecule has 0 bridgehead atoms. The van der Waals surface area contributed by atoms with Crippen molar-refractivity contribution in [1.82, 2.24) is 10.2 Å². The SMILES string of the molecule is N#CCc1cn[nH]c1C(N)=O. The maximum absolute atomic E-state index is 10.6. The standard InChI is InChI=1S/C6H6N4O/c7-2-1-4-3-9-10-5(4)6(8)11/h3H,1H2,(H2,8,11)(H,9,10). The van der Waals surface area contributed by atoms with E-state index in [1.54, 1.807) is 0 Å². The molecule has 0 spiro atoms. The Hall–Kier alpha value is -1.83. The van der Waals surface area contributed by atoms with Gasteiger partial charge in [-0.25, -0.2) is 0 Å². The lowest BCUT2D eigenvalue weighted by atomic mass is 10.2. The van der Waals surface area contributed by atoms with Crippen molar-refractivity contribution >= 4 is 5.91 Å². The molecule has 0 unspecified atom stereocenters. The van der Waals surface area contributed by atoms with Gasteiger partial charge in [-0.2, -0.15) is 10.4 Å². The maximum Gasteiger partial charge on any atom is 0.267 e. The third kappa shape index (κ3) is 1.35. The minimum absolute atomic E-state index is 0.148. The first-order valence-corrected chi connectivity index (χ1v) is 2.94. The van der Waals surface area contributed by atoms with Crippen molar-refractivity contribution in [1.29, 1.82) is 5.26 Å². The molecule has 1 aromatic rings. The van der Waals surface area contributed by atoms with Crippen LogP contribution >= 0.6 is 0 Å². The molecule has 3 N–H and O–H groups in total. The van der Waals surface area contributed by atoms with Gasteiger partial charge in [0, 0.05) is 5.56 Å². The summed E-state index contributed by atoms with van der Waals surface area (Å²) in [6.45, 7) is 0. The first-order valence-electron chi connectivity index (χ1n) is 2.94. The van der Waals surface area contributed by atoms with Gasteiger partial charge in [-0.3, -0.25) is 9.89 Å². The highest BCUT2D eigenvalue weighted by Gasteiger charge is 2.08. The van der Waals surface area contributed by atoms with Gasteiger partial charge in [-0.05, 0) is 0 Å². The number of nitrogens with two attached hydrogens (primary N) is 1. The smallest absolute Gasteiger partial charge is 0.267 e. The van der Waals surface area contributed by atoms with Crippen LogP contribution in [0.25, 0.3) is 0 Å². The van der Waals surface area contributed by atoms with Gasteiger partial charge in [-0.1, -0.05) is 0 Å². The van der Waals surface area contributed by atoms with E-state index in [4.69, 9.17) is 11.0 Å². The van der Waals surface area contributed by atoms with Crippen molar-refractivity contribution < 1.29 is 4.79 Å². The Balaban J connectivity index is 2.98. The Bertz CT molecular complexity index is 309. The monoisotopic (exact) mass is 150 g/mol. The summed E-state index contributed by atoms with van der Waals surface area (Å²) in [4.78, 5) is 10.6. The molecule has 11 heavy (non-hydrogen) atoms. The molecule has 0 fully saturated rings. The predicted molar refractivity (Wildman–Crippen MR) is 36.4 cm³/mol. The summed E-state index contributed by atoms with van der Waals surface area (Å²) in [5.41, 5.74) is 5.73. The zero-order chi connectivity index (χ0) is 8.27. The van der Waals surface area contributed by atoms with E-state index in [9.17, 15) is 4.79 Å². The van der Waals surface area contributed by atoms with Gasteiger partial charge < -0.3 is 5.73 Å². The number of hydrogen-bond donors (Lipinski definition) is 2. The van der Waals surface area contributed by atoms with Crippen molar-refractivity contribution in [3.8, 4) is 6.07 Å². The molecule has 1 heterocycles. The van der Waals surface area contributed by atoms with Crippen molar-refractivity contribution in [2.75, 3.05) is 0 Å². The van der Waals surface area contributed by atoms with Crippen LogP contribution < -0.4 is 5.73 Å².